The summed E-state index contributed by atoms with van der Waals surface area (Å²) in [6.07, 6.45) is 7.36. The highest BCUT2D eigenvalue weighted by Gasteiger charge is 2.20. The van der Waals surface area contributed by atoms with Crippen molar-refractivity contribution in [2.24, 2.45) is 0 Å². The molecule has 0 saturated carbocycles. The van der Waals surface area contributed by atoms with E-state index in [0.717, 1.165) is 32.8 Å². The van der Waals surface area contributed by atoms with Crippen LogP contribution in [0.15, 0.2) is 96.6 Å². The molecule has 0 spiro atoms. The Bertz CT molecular complexity index is 1770. The van der Waals surface area contributed by atoms with Gasteiger partial charge in [-0.1, -0.05) is 24.3 Å². The molecular formula is C29H28N6O4S. The first kappa shape index (κ1) is 28.0. The number of benzene rings is 2. The molecule has 2 heterocycles. The Morgan fingerprint density at radius 2 is 1.75 bits per heavy atom. The number of allylic oxidation sites excluding steroid dienone is 1. The third-order valence-corrected chi connectivity index (χ3v) is 7.90. The Labute approximate surface area is 232 Å². The number of nitrogens with two attached hydrogens (primary N) is 1. The van der Waals surface area contributed by atoms with Gasteiger partial charge in [0.1, 0.15) is 5.82 Å². The monoisotopic (exact) mass is 556 g/mol. The summed E-state index contributed by atoms with van der Waals surface area (Å²) in [6.45, 7) is 7.41. The van der Waals surface area contributed by atoms with Crippen LogP contribution in [0.4, 0.5) is 11.5 Å². The van der Waals surface area contributed by atoms with Crippen LogP contribution in [0.2, 0.25) is 0 Å². The number of nitrogens with one attached hydrogen (secondary N) is 2. The number of aryl methyl sites for hydroxylation is 2. The summed E-state index contributed by atoms with van der Waals surface area (Å²) < 4.78 is 26.6. The zero-order valence-corrected chi connectivity index (χ0v) is 23.0. The minimum atomic E-state index is -3.88. The number of nitrogen functional groups attached to an aromatic ring is 1. The van der Waals surface area contributed by atoms with Gasteiger partial charge in [-0.2, -0.15) is 0 Å². The van der Waals surface area contributed by atoms with Gasteiger partial charge in [0.25, 0.3) is 10.0 Å². The predicted molar refractivity (Wildman–Crippen MR) is 155 cm³/mol. The molecule has 204 valence electrons. The molecule has 4 rings (SSSR count). The van der Waals surface area contributed by atoms with Crippen molar-refractivity contribution in [3.63, 3.8) is 0 Å². The van der Waals surface area contributed by atoms with E-state index in [4.69, 9.17) is 5.73 Å². The molecule has 0 bridgehead atoms. The average Bonchev–Trinajstić information content (AvgIpc) is 2.92. The molecule has 0 aliphatic rings. The summed E-state index contributed by atoms with van der Waals surface area (Å²) in [5.74, 6) is -1.90. The van der Waals surface area contributed by atoms with Crippen LogP contribution < -0.4 is 16.4 Å². The summed E-state index contributed by atoms with van der Waals surface area (Å²) in [5, 5.41) is 6.21. The second-order valence-electron chi connectivity index (χ2n) is 9.08. The Morgan fingerprint density at radius 3 is 2.42 bits per heavy atom. The third kappa shape index (κ3) is 6.00. The number of pyridine rings is 2. The fraction of sp³-hybridized carbons (Fsp3) is 0.103. The van der Waals surface area contributed by atoms with Crippen LogP contribution in [0.25, 0.3) is 21.9 Å². The van der Waals surface area contributed by atoms with E-state index in [1.807, 2.05) is 32.0 Å². The molecular weight excluding hydrogens is 528 g/mol. The van der Waals surface area contributed by atoms with E-state index >= 15 is 0 Å². The summed E-state index contributed by atoms with van der Waals surface area (Å²) in [7, 11) is -2.57. The molecule has 2 amide bonds. The molecule has 0 radical (unpaired) electrons. The molecule has 10 nitrogen and oxygen atoms in total. The molecule has 2 aromatic carbocycles. The lowest BCUT2D eigenvalue weighted by molar-refractivity contribution is -0.135. The molecule has 0 aliphatic carbocycles. The van der Waals surface area contributed by atoms with Gasteiger partial charge < -0.3 is 16.4 Å². The van der Waals surface area contributed by atoms with Crippen LogP contribution >= 0.6 is 0 Å². The number of nitrogens with zero attached hydrogens (tertiary/aromatic N) is 3. The minimum Gasteiger partial charge on any atom is -0.398 e. The van der Waals surface area contributed by atoms with Gasteiger partial charge in [0.15, 0.2) is 0 Å². The van der Waals surface area contributed by atoms with E-state index in [1.54, 1.807) is 30.6 Å². The molecule has 40 heavy (non-hydrogen) atoms. The number of rotatable bonds is 7. The maximum Gasteiger partial charge on any atom is 0.315 e. The summed E-state index contributed by atoms with van der Waals surface area (Å²) >= 11 is 0. The van der Waals surface area contributed by atoms with E-state index in [0.29, 0.717) is 16.5 Å². The Hall–Kier alpha value is -5.03. The van der Waals surface area contributed by atoms with E-state index in [-0.39, 0.29) is 16.4 Å². The predicted octanol–water partition coefficient (Wildman–Crippen LogP) is 3.90. The maximum absolute atomic E-state index is 12.9. The van der Waals surface area contributed by atoms with Gasteiger partial charge in [0.2, 0.25) is 0 Å². The first-order valence-corrected chi connectivity index (χ1v) is 13.5. The van der Waals surface area contributed by atoms with Crippen molar-refractivity contribution in [3.05, 3.63) is 103 Å². The van der Waals surface area contributed by atoms with Crippen molar-refractivity contribution in [2.45, 2.75) is 18.7 Å². The normalized spacial score (nSPS) is 11.6. The van der Waals surface area contributed by atoms with Gasteiger partial charge in [0.05, 0.1) is 10.6 Å². The third-order valence-electron chi connectivity index (χ3n) is 6.16. The second kappa shape index (κ2) is 11.4. The molecule has 0 fully saturated rings. The molecule has 11 heteroatoms. The molecule has 0 atom stereocenters. The van der Waals surface area contributed by atoms with Gasteiger partial charge in [-0.25, -0.2) is 13.4 Å². The fourth-order valence-electron chi connectivity index (χ4n) is 3.91. The zero-order valence-electron chi connectivity index (χ0n) is 22.2. The Balaban J connectivity index is 1.51. The number of carbonyl (C=O) groups excluding carboxylic acids is 2. The number of sulfonamides is 1. The molecule has 0 unspecified atom stereocenters. The summed E-state index contributed by atoms with van der Waals surface area (Å²) in [5.41, 5.74) is 10.5. The number of hydrogen-bond donors (Lipinski definition) is 3. The van der Waals surface area contributed by atoms with Crippen LogP contribution in [-0.2, 0) is 19.6 Å². The Morgan fingerprint density at radius 1 is 1.02 bits per heavy atom. The van der Waals surface area contributed by atoms with Gasteiger partial charge in [-0.15, -0.1) is 0 Å². The van der Waals surface area contributed by atoms with Gasteiger partial charge in [0, 0.05) is 48.5 Å². The van der Waals surface area contributed by atoms with Crippen molar-refractivity contribution >= 4 is 44.1 Å². The Kier molecular flexibility index (Phi) is 7.96. The molecule has 4 N–H and O–H groups in total. The number of hydrogen-bond acceptors (Lipinski definition) is 7. The highest BCUT2D eigenvalue weighted by molar-refractivity contribution is 7.89. The quantitative estimate of drug-likeness (QED) is 0.178. The van der Waals surface area contributed by atoms with Gasteiger partial charge >= 0.3 is 11.8 Å². The first-order chi connectivity index (χ1) is 19.0. The van der Waals surface area contributed by atoms with E-state index in [2.05, 4.69) is 27.2 Å². The van der Waals surface area contributed by atoms with Crippen molar-refractivity contribution in [1.29, 1.82) is 0 Å². The molecule has 2 aromatic heterocycles. The lowest BCUT2D eigenvalue weighted by atomic mass is 9.99. The largest absolute Gasteiger partial charge is 0.398 e. The van der Waals surface area contributed by atoms with Crippen LogP contribution in [0.5, 0.6) is 0 Å². The number of amides is 2. The summed E-state index contributed by atoms with van der Waals surface area (Å²) in [6, 6.07) is 13.6. The summed E-state index contributed by atoms with van der Waals surface area (Å²) in [4.78, 5) is 33.7. The van der Waals surface area contributed by atoms with Gasteiger partial charge in [-0.3, -0.25) is 18.9 Å². The minimum absolute atomic E-state index is 0.00839. The first-order valence-electron chi connectivity index (χ1n) is 12.1. The molecule has 4 aromatic rings. The number of carbonyl (C=O) groups is 2. The fourth-order valence-corrected chi connectivity index (χ4v) is 4.98. The highest BCUT2D eigenvalue weighted by Crippen LogP contribution is 2.31. The smallest absolute Gasteiger partial charge is 0.315 e. The molecule has 0 saturated heterocycles. The standard InChI is InChI=1S/C29H28N6O4S/c1-5-22(17-35(4)40(38,39)23-8-6-18(2)7-9-23)33-28(36)29(37)34-27-14-21-12-20(13-26(30)25(21)16-32-27)24-15-31-11-10-19(24)3/h5-17H,1,30H2,2-4H3,(H,33,36)(H,32,34,37)/b22-17+. The average molecular weight is 557 g/mol. The van der Waals surface area contributed by atoms with E-state index in [1.165, 1.54) is 31.5 Å². The van der Waals surface area contributed by atoms with Crippen molar-refractivity contribution in [2.75, 3.05) is 18.1 Å². The van der Waals surface area contributed by atoms with Crippen LogP contribution in [0, 0.1) is 13.8 Å². The number of anilines is 2. The topological polar surface area (TPSA) is 147 Å². The molecule has 0 aliphatic heterocycles. The highest BCUT2D eigenvalue weighted by atomic mass is 32.2. The number of aromatic nitrogens is 2. The lowest BCUT2D eigenvalue weighted by Gasteiger charge is -2.17. The van der Waals surface area contributed by atoms with Crippen LogP contribution in [-0.4, -0.2) is 41.6 Å². The number of fused-ring (bicyclic) bond motifs is 1. The maximum atomic E-state index is 12.9. The van der Waals surface area contributed by atoms with Crippen LogP contribution in [0.1, 0.15) is 11.1 Å². The van der Waals surface area contributed by atoms with Gasteiger partial charge in [-0.05, 0) is 72.8 Å². The van der Waals surface area contributed by atoms with Crippen molar-refractivity contribution in [3.8, 4) is 11.1 Å². The lowest BCUT2D eigenvalue weighted by Crippen LogP contribution is -2.35. The van der Waals surface area contributed by atoms with Crippen molar-refractivity contribution in [1.82, 2.24) is 19.6 Å². The second-order valence-corrected chi connectivity index (χ2v) is 11.1. The van der Waals surface area contributed by atoms with Crippen molar-refractivity contribution < 1.29 is 18.0 Å². The van der Waals surface area contributed by atoms with E-state index in [9.17, 15) is 18.0 Å². The van der Waals surface area contributed by atoms with E-state index < -0.39 is 21.8 Å². The zero-order chi connectivity index (χ0) is 29.0. The SMILES string of the molecule is C=C/C(=C\N(C)S(=O)(=O)c1ccc(C)cc1)NC(=O)C(=O)Nc1cc2cc(-c3cnccc3C)cc(N)c2cn1. The van der Waals surface area contributed by atoms with Crippen LogP contribution in [0.3, 0.4) is 0 Å².